The average Bonchev–Trinajstić information content (AvgIpc) is 2.77. The average molecular weight is 336 g/mol. The third kappa shape index (κ3) is 1.88. The highest BCUT2D eigenvalue weighted by atomic mass is 16.3. The minimum atomic E-state index is -1.22. The van der Waals surface area contributed by atoms with E-state index in [9.17, 15) is 20.1 Å². The van der Waals surface area contributed by atoms with Crippen LogP contribution in [0.2, 0.25) is 0 Å². The highest BCUT2D eigenvalue weighted by molar-refractivity contribution is 5.85. The number of rotatable bonds is 0. The second kappa shape index (κ2) is 5.05. The van der Waals surface area contributed by atoms with Crippen LogP contribution in [0.1, 0.15) is 65.7 Å². The summed E-state index contributed by atoms with van der Waals surface area (Å²) >= 11 is 0. The van der Waals surface area contributed by atoms with E-state index >= 15 is 0 Å². The predicted octanol–water partition coefficient (Wildman–Crippen LogP) is 2.29. The van der Waals surface area contributed by atoms with Gasteiger partial charge < -0.3 is 15.3 Å². The van der Waals surface area contributed by atoms with Crippen LogP contribution in [0.3, 0.4) is 0 Å². The van der Waals surface area contributed by atoms with Crippen LogP contribution in [-0.4, -0.2) is 38.9 Å². The third-order valence-corrected chi connectivity index (χ3v) is 9.24. The zero-order valence-electron chi connectivity index (χ0n) is 15.2. The summed E-state index contributed by atoms with van der Waals surface area (Å²) in [6, 6.07) is 0. The van der Waals surface area contributed by atoms with Gasteiger partial charge in [-0.2, -0.15) is 0 Å². The summed E-state index contributed by atoms with van der Waals surface area (Å²) in [6.45, 7) is 6.37. The Morgan fingerprint density at radius 3 is 2.33 bits per heavy atom. The normalized spacial score (nSPS) is 60.3. The molecule has 0 aromatic carbocycles. The molecule has 3 N–H and O–H groups in total. The molecule has 4 nitrogen and oxygen atoms in total. The molecule has 4 rings (SSSR count). The number of aliphatic hydroxyl groups is 3. The zero-order chi connectivity index (χ0) is 17.5. The number of carbonyl (C=O) groups excluding carboxylic acids is 1. The lowest BCUT2D eigenvalue weighted by atomic mass is 9.43. The summed E-state index contributed by atoms with van der Waals surface area (Å²) in [5, 5.41) is 32.0. The van der Waals surface area contributed by atoms with Gasteiger partial charge in [-0.15, -0.1) is 0 Å². The van der Waals surface area contributed by atoms with Gasteiger partial charge in [0.25, 0.3) is 0 Å². The second-order valence-electron chi connectivity index (χ2n) is 9.85. The van der Waals surface area contributed by atoms with Gasteiger partial charge in [0.05, 0.1) is 11.7 Å². The minimum Gasteiger partial charge on any atom is -0.390 e. The van der Waals surface area contributed by atoms with E-state index in [2.05, 4.69) is 13.8 Å². The fourth-order valence-corrected chi connectivity index (χ4v) is 7.38. The lowest BCUT2D eigenvalue weighted by molar-refractivity contribution is -0.203. The van der Waals surface area contributed by atoms with Gasteiger partial charge in [-0.05, 0) is 74.5 Å². The zero-order valence-corrected chi connectivity index (χ0v) is 15.2. The lowest BCUT2D eigenvalue weighted by Gasteiger charge is -2.62. The Labute approximate surface area is 144 Å². The molecule has 136 valence electrons. The van der Waals surface area contributed by atoms with Crippen LogP contribution in [0.4, 0.5) is 0 Å². The summed E-state index contributed by atoms with van der Waals surface area (Å²) in [6.07, 6.45) is 4.19. The molecule has 4 saturated carbocycles. The van der Waals surface area contributed by atoms with E-state index in [4.69, 9.17) is 0 Å². The summed E-state index contributed by atoms with van der Waals surface area (Å²) in [5.41, 5.74) is -1.00. The molecule has 4 fully saturated rings. The molecule has 0 spiro atoms. The van der Waals surface area contributed by atoms with Crippen LogP contribution in [0.25, 0.3) is 0 Å². The summed E-state index contributed by atoms with van der Waals surface area (Å²) < 4.78 is 0. The number of aliphatic hydroxyl groups excluding tert-OH is 2. The fourth-order valence-electron chi connectivity index (χ4n) is 7.38. The topological polar surface area (TPSA) is 77.8 Å². The molecule has 4 aliphatic carbocycles. The Morgan fingerprint density at radius 2 is 1.62 bits per heavy atom. The second-order valence-corrected chi connectivity index (χ2v) is 9.85. The van der Waals surface area contributed by atoms with E-state index in [0.717, 1.165) is 38.5 Å². The molecule has 0 heterocycles. The van der Waals surface area contributed by atoms with Gasteiger partial charge >= 0.3 is 0 Å². The largest absolute Gasteiger partial charge is 0.390 e. The highest BCUT2D eigenvalue weighted by Gasteiger charge is 2.65. The van der Waals surface area contributed by atoms with Gasteiger partial charge in [-0.3, -0.25) is 4.79 Å². The molecule has 4 heteroatoms. The first-order valence-corrected chi connectivity index (χ1v) is 9.74. The minimum absolute atomic E-state index is 0.0363. The Morgan fingerprint density at radius 1 is 0.958 bits per heavy atom. The number of ketones is 1. The van der Waals surface area contributed by atoms with E-state index < -0.39 is 17.8 Å². The monoisotopic (exact) mass is 336 g/mol. The standard InChI is InChI=1S/C20H32O4/c1-18-8-6-14-12(13(18)7-9-19(18,2)24)5-4-11-10-15(21)16(22)17(23)20(11,14)3/h11-14,16-17,22-24H,4-10H2,1-3H3/t11-,12-,13-,14-,16-,17-,18-,19-,20-/m0/s1. The molecule has 0 radical (unpaired) electrons. The van der Waals surface area contributed by atoms with Gasteiger partial charge in [0.15, 0.2) is 5.78 Å². The van der Waals surface area contributed by atoms with E-state index in [0.29, 0.717) is 24.2 Å². The number of fused-ring (bicyclic) bond motifs is 5. The molecule has 0 aromatic rings. The SMILES string of the molecule is C[C@]12[C@@H](CC[C@@H]3[C@@H]1CC[C@@]1(C)[C@H]3CC[C@]1(C)O)CC(=O)[C@H](O)[C@@H]2O. The Hall–Kier alpha value is -0.450. The Kier molecular flexibility index (Phi) is 3.57. The molecule has 9 atom stereocenters. The van der Waals surface area contributed by atoms with Crippen LogP contribution in [0.5, 0.6) is 0 Å². The molecule has 0 saturated heterocycles. The number of hydrogen-bond donors (Lipinski definition) is 3. The first-order chi connectivity index (χ1) is 11.1. The number of Topliss-reactive ketones (excluding diaryl/α,β-unsaturated/α-hetero) is 1. The summed E-state index contributed by atoms with van der Waals surface area (Å²) in [7, 11) is 0. The molecular formula is C20H32O4. The molecule has 0 unspecified atom stereocenters. The van der Waals surface area contributed by atoms with Crippen LogP contribution < -0.4 is 0 Å². The van der Waals surface area contributed by atoms with Crippen LogP contribution in [0.15, 0.2) is 0 Å². The first kappa shape index (κ1) is 17.0. The van der Waals surface area contributed by atoms with Crippen molar-refractivity contribution in [2.45, 2.75) is 83.5 Å². The third-order valence-electron chi connectivity index (χ3n) is 9.24. The van der Waals surface area contributed by atoms with Gasteiger partial charge in [-0.1, -0.05) is 13.8 Å². The fraction of sp³-hybridized carbons (Fsp3) is 0.950. The van der Waals surface area contributed by atoms with Crippen LogP contribution >= 0.6 is 0 Å². The van der Waals surface area contributed by atoms with Gasteiger partial charge in [0.1, 0.15) is 6.10 Å². The Balaban J connectivity index is 1.69. The number of hydrogen-bond acceptors (Lipinski definition) is 4. The van der Waals surface area contributed by atoms with Crippen molar-refractivity contribution in [2.75, 3.05) is 0 Å². The highest BCUT2D eigenvalue weighted by Crippen LogP contribution is 2.67. The smallest absolute Gasteiger partial charge is 0.164 e. The summed E-state index contributed by atoms with van der Waals surface area (Å²) in [5.74, 6) is 1.34. The number of carbonyl (C=O) groups is 1. The molecular weight excluding hydrogens is 304 g/mol. The quantitative estimate of drug-likeness (QED) is 0.634. The van der Waals surface area contributed by atoms with Crippen molar-refractivity contribution in [1.82, 2.24) is 0 Å². The van der Waals surface area contributed by atoms with Crippen molar-refractivity contribution in [3.63, 3.8) is 0 Å². The van der Waals surface area contributed by atoms with Crippen molar-refractivity contribution in [3.05, 3.63) is 0 Å². The molecule has 0 bridgehead atoms. The van der Waals surface area contributed by atoms with Crippen molar-refractivity contribution in [3.8, 4) is 0 Å². The molecule has 0 aliphatic heterocycles. The van der Waals surface area contributed by atoms with E-state index in [1.165, 1.54) is 0 Å². The van der Waals surface area contributed by atoms with Crippen molar-refractivity contribution in [1.29, 1.82) is 0 Å². The van der Waals surface area contributed by atoms with Crippen molar-refractivity contribution >= 4 is 5.78 Å². The van der Waals surface area contributed by atoms with Gasteiger partial charge in [0.2, 0.25) is 0 Å². The molecule has 0 aromatic heterocycles. The van der Waals surface area contributed by atoms with Gasteiger partial charge in [0, 0.05) is 11.8 Å². The maximum absolute atomic E-state index is 12.0. The van der Waals surface area contributed by atoms with E-state index in [1.54, 1.807) is 0 Å². The molecule has 4 aliphatic rings. The van der Waals surface area contributed by atoms with E-state index in [-0.39, 0.29) is 22.5 Å². The first-order valence-electron chi connectivity index (χ1n) is 9.74. The van der Waals surface area contributed by atoms with Crippen molar-refractivity contribution in [2.24, 2.45) is 34.5 Å². The summed E-state index contributed by atoms with van der Waals surface area (Å²) in [4.78, 5) is 12.0. The molecule has 24 heavy (non-hydrogen) atoms. The van der Waals surface area contributed by atoms with Crippen molar-refractivity contribution < 1.29 is 20.1 Å². The Bertz CT molecular complexity index is 554. The lowest BCUT2D eigenvalue weighted by Crippen LogP contribution is -2.63. The van der Waals surface area contributed by atoms with Crippen LogP contribution in [-0.2, 0) is 4.79 Å². The van der Waals surface area contributed by atoms with E-state index in [1.807, 2.05) is 6.92 Å². The van der Waals surface area contributed by atoms with Crippen LogP contribution in [0, 0.1) is 34.5 Å². The maximum Gasteiger partial charge on any atom is 0.164 e. The maximum atomic E-state index is 12.0. The van der Waals surface area contributed by atoms with Gasteiger partial charge in [-0.25, -0.2) is 0 Å². The molecule has 0 amide bonds. The predicted molar refractivity (Wildman–Crippen MR) is 90.1 cm³/mol.